The second-order valence-corrected chi connectivity index (χ2v) is 23.3. The van der Waals surface area contributed by atoms with E-state index in [4.69, 9.17) is 90.0 Å². The van der Waals surface area contributed by atoms with Crippen LogP contribution in [0.1, 0.15) is 0 Å². The summed E-state index contributed by atoms with van der Waals surface area (Å²) >= 11 is 0. The first-order valence-electron chi connectivity index (χ1n) is 29.3. The predicted octanol–water partition coefficient (Wildman–Crippen LogP) is -16.4. The van der Waals surface area contributed by atoms with E-state index in [1.165, 1.54) is 0 Å². The van der Waals surface area contributed by atoms with Crippen LogP contribution in [0.4, 0.5) is 0 Å². The molecule has 22 N–H and O–H groups in total. The highest BCUT2D eigenvalue weighted by molar-refractivity contribution is 5.00. The van der Waals surface area contributed by atoms with Crippen molar-refractivity contribution >= 4 is 0 Å². The van der Waals surface area contributed by atoms with Gasteiger partial charge in [0.15, 0.2) is 62.9 Å². The minimum Gasteiger partial charge on any atom is -0.394 e. The highest BCUT2D eigenvalue weighted by Gasteiger charge is 2.59. The van der Waals surface area contributed by atoms with E-state index in [0.717, 1.165) is 0 Å². The largest absolute Gasteiger partial charge is 0.394 e. The summed E-state index contributed by atoms with van der Waals surface area (Å²) in [5, 5.41) is 236. The third-order valence-electron chi connectivity index (χ3n) is 17.2. The lowest BCUT2D eigenvalue weighted by Gasteiger charge is -2.49. The molecule has 10 aliphatic rings. The van der Waals surface area contributed by atoms with Crippen molar-refractivity contribution < 1.29 is 202 Å². The van der Waals surface area contributed by atoms with Gasteiger partial charge in [-0.3, -0.25) is 0 Å². The molecule has 41 heteroatoms. The van der Waals surface area contributed by atoms with Gasteiger partial charge in [-0.2, -0.15) is 0 Å². The summed E-state index contributed by atoms with van der Waals surface area (Å²) < 4.78 is 112. The fraction of sp³-hybridized carbons (Fsp3) is 1.00. The van der Waals surface area contributed by atoms with Crippen molar-refractivity contribution in [3.63, 3.8) is 0 Å². The monoisotopic (exact) mass is 1340 g/mol. The fourth-order valence-electron chi connectivity index (χ4n) is 11.8. The smallest absolute Gasteiger partial charge is 0.187 e. The van der Waals surface area contributed by atoms with E-state index in [1.54, 1.807) is 0 Å². The molecule has 528 valence electrons. The molecule has 0 bridgehead atoms. The number of rotatable bonds is 22. The fourth-order valence-corrected chi connectivity index (χ4v) is 11.8. The summed E-state index contributed by atoms with van der Waals surface area (Å²) in [5.74, 6) is 0. The molecule has 0 aromatic carbocycles. The lowest BCUT2D eigenvalue weighted by atomic mass is 10.0. The molecule has 0 aromatic heterocycles. The zero-order chi connectivity index (χ0) is 65.6. The molecule has 0 amide bonds. The molecule has 10 aliphatic heterocycles. The Morgan fingerprint density at radius 3 is 0.824 bits per heavy atom. The molecule has 0 saturated carbocycles. The molecular formula is C50H82O41. The molecule has 0 aromatic rings. The van der Waals surface area contributed by atoms with Gasteiger partial charge in [0, 0.05) is 0 Å². The molecule has 0 radical (unpaired) electrons. The zero-order valence-electron chi connectivity index (χ0n) is 47.8. The van der Waals surface area contributed by atoms with E-state index in [0.29, 0.717) is 0 Å². The Morgan fingerprint density at radius 2 is 0.473 bits per heavy atom. The van der Waals surface area contributed by atoms with Crippen molar-refractivity contribution in [3.05, 3.63) is 0 Å². The second-order valence-electron chi connectivity index (χ2n) is 23.3. The van der Waals surface area contributed by atoms with Gasteiger partial charge in [-0.05, 0) is 0 Å². The molecule has 10 saturated heterocycles. The predicted molar refractivity (Wildman–Crippen MR) is 270 cm³/mol. The average Bonchev–Trinajstić information content (AvgIpc) is 1.81. The van der Waals surface area contributed by atoms with Crippen molar-refractivity contribution in [3.8, 4) is 0 Å². The maximum atomic E-state index is 11.7. The summed E-state index contributed by atoms with van der Waals surface area (Å²) in [6.07, 6.45) is -73.1. The summed E-state index contributed by atoms with van der Waals surface area (Å²) in [6, 6.07) is 0. The Kier molecular flexibility index (Phi) is 24.6. The summed E-state index contributed by atoms with van der Waals surface area (Å²) in [5.41, 5.74) is 0. The minimum atomic E-state index is -2.09. The minimum absolute atomic E-state index is 0.455. The lowest BCUT2D eigenvalue weighted by Crippen LogP contribution is -2.66. The van der Waals surface area contributed by atoms with Crippen LogP contribution >= 0.6 is 0 Å². The first-order valence-corrected chi connectivity index (χ1v) is 29.3. The van der Waals surface area contributed by atoms with Crippen molar-refractivity contribution in [2.75, 3.05) is 66.1 Å². The van der Waals surface area contributed by atoms with E-state index in [1.807, 2.05) is 0 Å². The third-order valence-corrected chi connectivity index (χ3v) is 17.2. The van der Waals surface area contributed by atoms with E-state index in [2.05, 4.69) is 0 Å². The first-order chi connectivity index (χ1) is 43.4. The number of aliphatic hydroxyl groups excluding tert-OH is 22. The van der Waals surface area contributed by atoms with E-state index < -0.39 is 312 Å². The number of hydrogen-bond acceptors (Lipinski definition) is 41. The maximum absolute atomic E-state index is 11.7. The second kappa shape index (κ2) is 31.1. The van der Waals surface area contributed by atoms with Gasteiger partial charge < -0.3 is 202 Å². The van der Waals surface area contributed by atoms with Crippen molar-refractivity contribution in [2.45, 2.75) is 246 Å². The Morgan fingerprint density at radius 1 is 0.220 bits per heavy atom. The van der Waals surface area contributed by atoms with Gasteiger partial charge in [0.2, 0.25) is 0 Å². The average molecular weight is 1340 g/mol. The van der Waals surface area contributed by atoms with Crippen LogP contribution in [-0.2, 0) is 90.0 Å². The van der Waals surface area contributed by atoms with Crippen LogP contribution in [0.25, 0.3) is 0 Å². The van der Waals surface area contributed by atoms with Crippen LogP contribution in [0.2, 0.25) is 0 Å². The van der Waals surface area contributed by atoms with E-state index in [9.17, 15) is 112 Å². The molecular weight excluding hydrogens is 1260 g/mol. The summed E-state index contributed by atoms with van der Waals surface area (Å²) in [6.45, 7) is -7.49. The Hall–Kier alpha value is -1.64. The quantitative estimate of drug-likeness (QED) is 0.0479. The zero-order valence-corrected chi connectivity index (χ0v) is 47.8. The molecule has 0 spiro atoms. The highest BCUT2D eigenvalue weighted by Crippen LogP contribution is 2.40. The van der Waals surface area contributed by atoms with Gasteiger partial charge in [0.1, 0.15) is 183 Å². The van der Waals surface area contributed by atoms with E-state index in [-0.39, 0.29) is 0 Å². The molecule has 1 unspecified atom stereocenters. The van der Waals surface area contributed by atoms with Crippen LogP contribution in [0, 0.1) is 0 Å². The SMILES string of the molecule is OC[C@@H]1O[C@@H](O[C@@H]2[C@@H](O[C@@H]3O[C@@H](CO)[C@H](O)[C@H]3O)[C@H](O[C@@H]3CO[C@@H](O[C@@H]4CO[C@@H](O[C@@H]5CO[C@@H](O[C@@H]6COC(O)[C@H](O)[C@H]6O)[C@H](O)[C@H]5O)[C@H](O)[C@H]4O)[C@H](O[C@@H]4O[C@@H](CO)[C@H](O)[C@H]4O)[C@H]3O[C@@H]3O[C@@H](CO)[C@H](O)[C@H]3O)OC[C@H]2O[C@@H]2OC[C@@H](O)[C@H](O)[C@H]2O)[C@H](O)[C@H]1O. The topological polar surface area (TPSA) is 620 Å². The van der Waals surface area contributed by atoms with Crippen LogP contribution in [0.5, 0.6) is 0 Å². The maximum Gasteiger partial charge on any atom is 0.187 e. The molecule has 10 fully saturated rings. The van der Waals surface area contributed by atoms with Gasteiger partial charge in [-0.1, -0.05) is 0 Å². The highest BCUT2D eigenvalue weighted by atomic mass is 16.8. The van der Waals surface area contributed by atoms with Crippen LogP contribution < -0.4 is 0 Å². The number of aliphatic hydroxyl groups is 22. The molecule has 10 heterocycles. The molecule has 0 aliphatic carbocycles. The molecule has 41 nitrogen and oxygen atoms in total. The molecule has 40 atom stereocenters. The third kappa shape index (κ3) is 15.2. The molecule has 91 heavy (non-hydrogen) atoms. The Balaban J connectivity index is 0.934. The van der Waals surface area contributed by atoms with E-state index >= 15 is 0 Å². The van der Waals surface area contributed by atoms with Crippen LogP contribution in [-0.4, -0.2) is 424 Å². The standard InChI is InChI=1S/C50H82O41/c51-1-12-22(57)33(68)45(79-12)88-37-19(86-42-30(65)21(56)11(55)5-74-42)9-78-50(40(37)91-48-36(71)25(60)15(4-54)82-48)87-20-10-77-49(39(90-47-35(70)24(59)14(3-53)81-47)38(20)89-46-34(69)23(58)13(2-52)80-46)85-18-8-76-44(32(67)28(18)63)84-17-7-75-43(31(66)27(17)62)83-16-6-73-41(72)29(64)26(16)61/h11-72H,1-10H2/t11-,12+,13+,14+,15+,16-,17-,18-,19-,20-,21+,22+,23+,24+,25+,26+,27+,28+,29-,30-,31-,32-,33-,34-,35-,36-,37+,38+,39-,40-,41?,42+,43+,44+,45+,46+,47+,48+,49+,50+/m1/s1. The first kappa shape index (κ1) is 72.1. The summed E-state index contributed by atoms with van der Waals surface area (Å²) in [4.78, 5) is 0. The van der Waals surface area contributed by atoms with Gasteiger partial charge >= 0.3 is 0 Å². The van der Waals surface area contributed by atoms with Crippen molar-refractivity contribution in [2.24, 2.45) is 0 Å². The normalized spacial score (nSPS) is 54.1. The summed E-state index contributed by atoms with van der Waals surface area (Å²) in [7, 11) is 0. The van der Waals surface area contributed by atoms with Gasteiger partial charge in [-0.15, -0.1) is 0 Å². The van der Waals surface area contributed by atoms with Crippen LogP contribution in [0.15, 0.2) is 0 Å². The number of ether oxygens (including phenoxy) is 19. The lowest BCUT2D eigenvalue weighted by molar-refractivity contribution is -0.397. The Bertz CT molecular complexity index is 2240. The van der Waals surface area contributed by atoms with Gasteiger partial charge in [-0.25, -0.2) is 0 Å². The van der Waals surface area contributed by atoms with Gasteiger partial charge in [0.05, 0.1) is 66.1 Å². The number of hydrogen-bond donors (Lipinski definition) is 22. The van der Waals surface area contributed by atoms with Crippen molar-refractivity contribution in [1.29, 1.82) is 0 Å². The van der Waals surface area contributed by atoms with Crippen LogP contribution in [0.3, 0.4) is 0 Å². The van der Waals surface area contributed by atoms with Gasteiger partial charge in [0.25, 0.3) is 0 Å². The molecule has 10 rings (SSSR count). The van der Waals surface area contributed by atoms with Crippen molar-refractivity contribution in [1.82, 2.24) is 0 Å². The Labute approximate surface area is 513 Å².